The zero-order chi connectivity index (χ0) is 22.8. The molecular formula is C24H24N4O3S. The molecule has 0 unspecified atom stereocenters. The number of amides is 2. The molecule has 0 radical (unpaired) electrons. The number of nitrogens with one attached hydrogen (secondary N) is 3. The van der Waals surface area contributed by atoms with Gasteiger partial charge in [-0.15, -0.1) is 0 Å². The minimum absolute atomic E-state index is 0.107. The molecule has 1 atom stereocenters. The van der Waals surface area contributed by atoms with E-state index in [2.05, 4.69) is 26.7 Å². The molecule has 3 aromatic rings. The maximum atomic E-state index is 13.0. The molecule has 1 aliphatic heterocycles. The molecule has 0 aliphatic carbocycles. The number of rotatable bonds is 5. The molecule has 0 fully saturated rings. The molecular weight excluding hydrogens is 424 g/mol. The van der Waals surface area contributed by atoms with Gasteiger partial charge in [0.25, 0.3) is 5.56 Å². The second-order valence-corrected chi connectivity index (χ2v) is 8.97. The van der Waals surface area contributed by atoms with Gasteiger partial charge in [-0.1, -0.05) is 47.7 Å². The van der Waals surface area contributed by atoms with Gasteiger partial charge in [-0.25, -0.2) is 4.98 Å². The number of aryl methyl sites for hydroxylation is 3. The highest BCUT2D eigenvalue weighted by atomic mass is 32.2. The molecule has 4 rings (SSSR count). The van der Waals surface area contributed by atoms with Crippen molar-refractivity contribution in [3.63, 3.8) is 0 Å². The van der Waals surface area contributed by atoms with Crippen molar-refractivity contribution in [3.05, 3.63) is 80.6 Å². The Kier molecular flexibility index (Phi) is 6.14. The van der Waals surface area contributed by atoms with E-state index in [1.54, 1.807) is 6.07 Å². The summed E-state index contributed by atoms with van der Waals surface area (Å²) in [6.45, 7) is 5.97. The number of nitrogens with zero attached hydrogens (tertiary/aromatic N) is 1. The minimum atomic E-state index is -0.910. The third kappa shape index (κ3) is 4.75. The van der Waals surface area contributed by atoms with Gasteiger partial charge in [0.15, 0.2) is 5.16 Å². The molecule has 2 heterocycles. The van der Waals surface area contributed by atoms with Crippen molar-refractivity contribution in [2.45, 2.75) is 44.0 Å². The molecule has 0 saturated heterocycles. The number of aromatic amines is 1. The molecule has 8 heteroatoms. The van der Waals surface area contributed by atoms with Gasteiger partial charge in [-0.3, -0.25) is 14.4 Å². The summed E-state index contributed by atoms with van der Waals surface area (Å²) in [5, 5.41) is 5.87. The van der Waals surface area contributed by atoms with Crippen molar-refractivity contribution in [3.8, 4) is 0 Å². The quantitative estimate of drug-likeness (QED) is 0.403. The normalized spacial score (nSPS) is 15.1. The first kappa shape index (κ1) is 21.8. The van der Waals surface area contributed by atoms with Gasteiger partial charge in [-0.2, -0.15) is 0 Å². The van der Waals surface area contributed by atoms with Crippen molar-refractivity contribution in [2.24, 2.45) is 0 Å². The van der Waals surface area contributed by atoms with Gasteiger partial charge < -0.3 is 15.6 Å². The van der Waals surface area contributed by atoms with E-state index in [-0.39, 0.29) is 23.7 Å². The summed E-state index contributed by atoms with van der Waals surface area (Å²) in [6.07, 6.45) is -0.107. The third-order valence-corrected chi connectivity index (χ3v) is 6.42. The Morgan fingerprint density at radius 1 is 1.12 bits per heavy atom. The van der Waals surface area contributed by atoms with Crippen LogP contribution in [0.1, 0.15) is 40.2 Å². The fourth-order valence-corrected chi connectivity index (χ4v) is 4.45. The van der Waals surface area contributed by atoms with Crippen molar-refractivity contribution in [1.29, 1.82) is 0 Å². The number of hydrogen-bond acceptors (Lipinski definition) is 5. The Balaban J connectivity index is 1.57. The number of hydrogen-bond donors (Lipinski definition) is 3. The number of aromatic nitrogens is 2. The molecule has 3 N–H and O–H groups in total. The van der Waals surface area contributed by atoms with Crippen molar-refractivity contribution in [2.75, 3.05) is 10.6 Å². The zero-order valence-electron chi connectivity index (χ0n) is 18.1. The second-order valence-electron chi connectivity index (χ2n) is 8.00. The first-order chi connectivity index (χ1) is 15.3. The predicted octanol–water partition coefficient (Wildman–Crippen LogP) is 4.05. The molecule has 0 saturated carbocycles. The van der Waals surface area contributed by atoms with Crippen LogP contribution in [0.5, 0.6) is 0 Å². The van der Waals surface area contributed by atoms with Crippen LogP contribution in [0.4, 0.5) is 11.5 Å². The van der Waals surface area contributed by atoms with Crippen LogP contribution in [-0.4, -0.2) is 21.8 Å². The topological polar surface area (TPSA) is 104 Å². The van der Waals surface area contributed by atoms with Crippen LogP contribution in [0.15, 0.2) is 52.4 Å². The van der Waals surface area contributed by atoms with Crippen LogP contribution >= 0.6 is 11.8 Å². The molecule has 0 bridgehead atoms. The highest BCUT2D eigenvalue weighted by molar-refractivity contribution is 7.98. The fraction of sp³-hybridized carbons (Fsp3) is 0.250. The van der Waals surface area contributed by atoms with Gasteiger partial charge in [0, 0.05) is 17.9 Å². The standard InChI is InChI=1S/C24H24N4O3S/c1-13-5-4-6-16(9-13)12-32-24-27-21-20(23(31)28-24)18(11-19(29)26-21)22(30)25-17-8-7-14(2)15(3)10-17/h4-10,18H,11-12H2,1-3H3,(H,25,30)(H2,26,27,28,29,31)/t18-/m1/s1. The van der Waals surface area contributed by atoms with E-state index >= 15 is 0 Å². The molecule has 0 spiro atoms. The first-order valence-electron chi connectivity index (χ1n) is 10.3. The third-order valence-electron chi connectivity index (χ3n) is 5.48. The molecule has 2 aromatic carbocycles. The van der Waals surface area contributed by atoms with Crippen LogP contribution in [-0.2, 0) is 15.3 Å². The summed E-state index contributed by atoms with van der Waals surface area (Å²) in [5.41, 5.74) is 4.80. The Hall–Kier alpha value is -3.39. The van der Waals surface area contributed by atoms with Crippen molar-refractivity contribution < 1.29 is 9.59 Å². The highest BCUT2D eigenvalue weighted by Gasteiger charge is 2.34. The van der Waals surface area contributed by atoms with Gasteiger partial charge in [0.2, 0.25) is 11.8 Å². The van der Waals surface area contributed by atoms with Crippen LogP contribution in [0.2, 0.25) is 0 Å². The van der Waals surface area contributed by atoms with Crippen LogP contribution in [0, 0.1) is 20.8 Å². The number of carbonyl (C=O) groups excluding carboxylic acids is 2. The number of anilines is 2. The monoisotopic (exact) mass is 448 g/mol. The Labute approximate surface area is 190 Å². The zero-order valence-corrected chi connectivity index (χ0v) is 18.9. The Bertz CT molecular complexity index is 1270. The second kappa shape index (κ2) is 9.00. The largest absolute Gasteiger partial charge is 0.326 e. The average Bonchev–Trinajstić information content (AvgIpc) is 2.74. The first-order valence-corrected chi connectivity index (χ1v) is 11.3. The van der Waals surface area contributed by atoms with Crippen molar-refractivity contribution >= 4 is 35.1 Å². The Morgan fingerprint density at radius 3 is 2.69 bits per heavy atom. The summed E-state index contributed by atoms with van der Waals surface area (Å²) in [5.74, 6) is -0.889. The molecule has 164 valence electrons. The number of fused-ring (bicyclic) bond motifs is 1. The summed E-state index contributed by atoms with van der Waals surface area (Å²) in [4.78, 5) is 45.3. The van der Waals surface area contributed by atoms with Crippen molar-refractivity contribution in [1.82, 2.24) is 9.97 Å². The van der Waals surface area contributed by atoms with E-state index in [1.807, 2.05) is 51.1 Å². The summed E-state index contributed by atoms with van der Waals surface area (Å²) in [7, 11) is 0. The van der Waals surface area contributed by atoms with Gasteiger partial charge in [-0.05, 0) is 49.6 Å². The average molecular weight is 449 g/mol. The highest BCUT2D eigenvalue weighted by Crippen LogP contribution is 2.31. The molecule has 2 amide bonds. The molecule has 1 aromatic heterocycles. The van der Waals surface area contributed by atoms with Crippen LogP contribution < -0.4 is 16.2 Å². The lowest BCUT2D eigenvalue weighted by molar-refractivity contribution is -0.123. The molecule has 1 aliphatic rings. The SMILES string of the molecule is Cc1cccc(CSc2nc3c(c(=O)[nH]2)[C@H](C(=O)Nc2ccc(C)c(C)c2)CC(=O)N3)c1. The summed E-state index contributed by atoms with van der Waals surface area (Å²) < 4.78 is 0. The lowest BCUT2D eigenvalue weighted by Gasteiger charge is -2.23. The lowest BCUT2D eigenvalue weighted by atomic mass is 9.92. The van der Waals surface area contributed by atoms with E-state index in [1.165, 1.54) is 11.8 Å². The van der Waals surface area contributed by atoms with E-state index in [0.717, 1.165) is 22.3 Å². The number of carbonyl (C=O) groups is 2. The van der Waals surface area contributed by atoms with E-state index in [0.29, 0.717) is 16.6 Å². The summed E-state index contributed by atoms with van der Waals surface area (Å²) >= 11 is 1.37. The van der Waals surface area contributed by atoms with E-state index < -0.39 is 17.4 Å². The smallest absolute Gasteiger partial charge is 0.257 e. The van der Waals surface area contributed by atoms with E-state index in [9.17, 15) is 14.4 Å². The fourth-order valence-electron chi connectivity index (χ4n) is 3.65. The van der Waals surface area contributed by atoms with E-state index in [4.69, 9.17) is 0 Å². The maximum absolute atomic E-state index is 13.0. The summed E-state index contributed by atoms with van der Waals surface area (Å²) in [6, 6.07) is 13.7. The molecule has 7 nitrogen and oxygen atoms in total. The van der Waals surface area contributed by atoms with Gasteiger partial charge in [0.05, 0.1) is 11.5 Å². The maximum Gasteiger partial charge on any atom is 0.257 e. The number of benzene rings is 2. The van der Waals surface area contributed by atoms with Gasteiger partial charge >= 0.3 is 0 Å². The number of H-pyrrole nitrogens is 1. The van der Waals surface area contributed by atoms with Crippen LogP contribution in [0.3, 0.4) is 0 Å². The minimum Gasteiger partial charge on any atom is -0.326 e. The van der Waals surface area contributed by atoms with Gasteiger partial charge in [0.1, 0.15) is 5.82 Å². The number of thioether (sulfide) groups is 1. The Morgan fingerprint density at radius 2 is 1.94 bits per heavy atom. The lowest BCUT2D eigenvalue weighted by Crippen LogP contribution is -2.36. The van der Waals surface area contributed by atoms with Crippen LogP contribution in [0.25, 0.3) is 0 Å². The predicted molar refractivity (Wildman–Crippen MR) is 126 cm³/mol. The molecule has 32 heavy (non-hydrogen) atoms.